The summed E-state index contributed by atoms with van der Waals surface area (Å²) in [6.45, 7) is 7.02. The van der Waals surface area contributed by atoms with Crippen LogP contribution in [0.2, 0.25) is 0 Å². The van der Waals surface area contributed by atoms with Crippen molar-refractivity contribution in [3.63, 3.8) is 0 Å². The number of aryl methyl sites for hydroxylation is 1. The van der Waals surface area contributed by atoms with Gasteiger partial charge in [-0.2, -0.15) is 18.4 Å². The summed E-state index contributed by atoms with van der Waals surface area (Å²) in [7, 11) is 1.28. The molecule has 0 bridgehead atoms. The summed E-state index contributed by atoms with van der Waals surface area (Å²) in [6, 6.07) is 14.5. The Labute approximate surface area is 386 Å². The van der Waals surface area contributed by atoms with Crippen molar-refractivity contribution in [3.05, 3.63) is 99.0 Å². The molecule has 3 heterocycles. The molecule has 3 N–H and O–H groups in total. The number of hydrogen-bond donors (Lipinski definition) is 3. The third-order valence-corrected chi connectivity index (χ3v) is 12.5. The molecule has 2 fully saturated rings. The number of thiazole rings is 1. The normalized spacial score (nSPS) is 17.5. The van der Waals surface area contributed by atoms with Crippen LogP contribution < -0.4 is 20.1 Å². The molecule has 5 amide bonds. The number of nitrogens with one attached hydrogen (secondary N) is 2. The van der Waals surface area contributed by atoms with E-state index in [1.54, 1.807) is 43.7 Å². The third kappa shape index (κ3) is 11.9. The molecule has 2 aliphatic heterocycles. The Morgan fingerprint density at radius 1 is 1.03 bits per heavy atom. The molecule has 2 saturated heterocycles. The van der Waals surface area contributed by atoms with Crippen molar-refractivity contribution in [1.29, 1.82) is 5.26 Å². The number of nitrogens with zero attached hydrogens (tertiary/aromatic N) is 4. The van der Waals surface area contributed by atoms with Crippen molar-refractivity contribution < 1.29 is 56.5 Å². The number of nitriles is 1. The van der Waals surface area contributed by atoms with Crippen molar-refractivity contribution in [1.82, 2.24) is 25.4 Å². The van der Waals surface area contributed by atoms with Crippen LogP contribution in [-0.4, -0.2) is 100 Å². The van der Waals surface area contributed by atoms with Gasteiger partial charge >= 0.3 is 6.18 Å². The van der Waals surface area contributed by atoms with E-state index < -0.39 is 70.0 Å². The first-order chi connectivity index (χ1) is 31.3. The van der Waals surface area contributed by atoms with Gasteiger partial charge in [-0.25, -0.2) is 4.98 Å². The molecule has 4 aromatic rings. The molecular formula is C46H47F3N6O9S2. The fraction of sp³-hybridized carbons (Fsp3) is 0.370. The van der Waals surface area contributed by atoms with Gasteiger partial charge in [0.1, 0.15) is 17.8 Å². The summed E-state index contributed by atoms with van der Waals surface area (Å²) in [6.07, 6.45) is -4.45. The molecule has 20 heteroatoms. The topological polar surface area (TPSA) is 200 Å². The number of amides is 5. The van der Waals surface area contributed by atoms with Gasteiger partial charge in [0.05, 0.1) is 71.2 Å². The van der Waals surface area contributed by atoms with E-state index in [1.807, 2.05) is 31.2 Å². The van der Waals surface area contributed by atoms with Gasteiger partial charge in [0, 0.05) is 25.9 Å². The number of halogens is 3. The van der Waals surface area contributed by atoms with E-state index in [2.05, 4.69) is 15.6 Å². The molecule has 0 saturated carbocycles. The Kier molecular flexibility index (Phi) is 15.6. The first-order valence-electron chi connectivity index (χ1n) is 20.6. The zero-order valence-electron chi connectivity index (χ0n) is 36.6. The van der Waals surface area contributed by atoms with E-state index in [0.717, 1.165) is 32.7 Å². The number of aromatic nitrogens is 1. The predicted molar refractivity (Wildman–Crippen MR) is 239 cm³/mol. The summed E-state index contributed by atoms with van der Waals surface area (Å²) in [4.78, 5) is 74.3. The van der Waals surface area contributed by atoms with Gasteiger partial charge in [-0.15, -0.1) is 11.3 Å². The highest BCUT2D eigenvalue weighted by molar-refractivity contribution is 8.18. The van der Waals surface area contributed by atoms with Crippen LogP contribution in [-0.2, 0) is 36.6 Å². The van der Waals surface area contributed by atoms with Crippen LogP contribution in [0.25, 0.3) is 16.5 Å². The molecule has 0 radical (unpaired) electrons. The number of carbonyl (C=O) groups excluding carboxylic acids is 5. The summed E-state index contributed by atoms with van der Waals surface area (Å²) in [5.74, 6) is -2.65. The predicted octanol–water partition coefficient (Wildman–Crippen LogP) is 7.06. The Bertz CT molecular complexity index is 2550. The van der Waals surface area contributed by atoms with Gasteiger partial charge in [0.2, 0.25) is 17.7 Å². The lowest BCUT2D eigenvalue weighted by Crippen LogP contribution is -2.57. The van der Waals surface area contributed by atoms with E-state index in [1.165, 1.54) is 42.4 Å². The number of aliphatic hydroxyl groups is 1. The maximum Gasteiger partial charge on any atom is 0.420 e. The lowest BCUT2D eigenvalue weighted by molar-refractivity contribution is -0.144. The zero-order chi connectivity index (χ0) is 47.9. The fourth-order valence-corrected chi connectivity index (χ4v) is 8.84. The number of β-amino-alcohol motifs (C(OH)–C–C–N with tert-alkyl or cyclic N) is 1. The molecule has 2 aliphatic rings. The second-order valence-electron chi connectivity index (χ2n) is 16.5. The van der Waals surface area contributed by atoms with Gasteiger partial charge in [-0.1, -0.05) is 51.1 Å². The molecular weight excluding hydrogens is 902 g/mol. The second kappa shape index (κ2) is 20.9. The van der Waals surface area contributed by atoms with Crippen LogP contribution in [0.15, 0.2) is 71.1 Å². The number of ether oxygens (including phenoxy) is 3. The quantitative estimate of drug-likeness (QED) is 0.0764. The number of thioether (sulfide) groups is 1. The molecule has 0 aliphatic carbocycles. The van der Waals surface area contributed by atoms with Crippen LogP contribution in [0.3, 0.4) is 0 Å². The Morgan fingerprint density at radius 2 is 1.76 bits per heavy atom. The highest BCUT2D eigenvalue weighted by Crippen LogP contribution is 2.42. The average molecular weight is 949 g/mol. The van der Waals surface area contributed by atoms with Gasteiger partial charge in [-0.3, -0.25) is 28.9 Å². The molecule has 66 heavy (non-hydrogen) atoms. The Hall–Kier alpha value is -6.27. The van der Waals surface area contributed by atoms with E-state index in [-0.39, 0.29) is 67.7 Å². The molecule has 1 unspecified atom stereocenters. The van der Waals surface area contributed by atoms with Gasteiger partial charge in [0.15, 0.2) is 11.5 Å². The van der Waals surface area contributed by atoms with Crippen molar-refractivity contribution in [2.75, 3.05) is 33.4 Å². The van der Waals surface area contributed by atoms with E-state index in [9.17, 15) is 42.3 Å². The minimum atomic E-state index is -4.80. The SMILES string of the molecule is COc1cc(/C=C2\SC(=O)N(CCOCCC(=O)N[C@H](C(=O)N3CC(O)C[C@H]3C(=O)NCc3ccc(-c4scnc4C)cc3)C(C)(C)C)C2=O)ccc1Oc1ccc(C#N)cc1C(F)(F)F. The first kappa shape index (κ1) is 49.2. The molecule has 0 spiro atoms. The van der Waals surface area contributed by atoms with Gasteiger partial charge in [0.25, 0.3) is 11.1 Å². The third-order valence-electron chi connectivity index (χ3n) is 10.6. The zero-order valence-corrected chi connectivity index (χ0v) is 38.2. The van der Waals surface area contributed by atoms with Gasteiger partial charge < -0.3 is 34.9 Å². The maximum atomic E-state index is 14.0. The Morgan fingerprint density at radius 3 is 2.41 bits per heavy atom. The largest absolute Gasteiger partial charge is 0.493 e. The number of carbonyl (C=O) groups is 5. The van der Waals surface area contributed by atoms with E-state index in [4.69, 9.17) is 19.5 Å². The van der Waals surface area contributed by atoms with Crippen molar-refractivity contribution in [2.45, 2.75) is 71.4 Å². The van der Waals surface area contributed by atoms with Crippen molar-refractivity contribution >= 4 is 58.0 Å². The molecule has 15 nitrogen and oxygen atoms in total. The molecule has 6 rings (SSSR count). The lowest BCUT2D eigenvalue weighted by atomic mass is 9.85. The average Bonchev–Trinajstić information content (AvgIpc) is 3.96. The number of hydrogen-bond acceptors (Lipinski definition) is 13. The number of imide groups is 1. The van der Waals surface area contributed by atoms with Crippen LogP contribution in [0, 0.1) is 23.7 Å². The number of benzene rings is 3. The number of aliphatic hydroxyl groups excluding tert-OH is 1. The summed E-state index contributed by atoms with van der Waals surface area (Å²) in [5.41, 5.74) is 2.83. The highest BCUT2D eigenvalue weighted by Gasteiger charge is 2.44. The minimum absolute atomic E-state index is 0.0362. The Balaban J connectivity index is 0.982. The van der Waals surface area contributed by atoms with Crippen LogP contribution in [0.4, 0.5) is 18.0 Å². The maximum absolute atomic E-state index is 14.0. The smallest absolute Gasteiger partial charge is 0.420 e. The second-order valence-corrected chi connectivity index (χ2v) is 18.3. The number of rotatable bonds is 16. The first-order valence-corrected chi connectivity index (χ1v) is 22.3. The van der Waals surface area contributed by atoms with Crippen LogP contribution >= 0.6 is 23.1 Å². The van der Waals surface area contributed by atoms with Crippen molar-refractivity contribution in [3.8, 4) is 33.8 Å². The van der Waals surface area contributed by atoms with E-state index >= 15 is 0 Å². The standard InChI is InChI=1S/C46H47F3N6O9S2/c1-26-39(65-25-52-26)30-10-6-27(7-11-30)23-51-41(58)33-21-31(56)24-55(33)43(60)40(45(2,3)4)53-38(57)14-16-63-17-15-54-42(59)37(66-44(54)61)20-28-8-13-35(36(19-28)62-5)64-34-12-9-29(22-50)18-32(34)46(47,48)49/h6-13,18-20,25,31,33,40,56H,14-17,21,23-24H2,1-5H3,(H,51,58)(H,53,57)/b37-20-/t31?,33-,40+/m0/s1. The van der Waals surface area contributed by atoms with Gasteiger partial charge in [-0.05, 0) is 77.2 Å². The molecule has 3 aromatic carbocycles. The number of alkyl halides is 3. The van der Waals surface area contributed by atoms with E-state index in [0.29, 0.717) is 23.4 Å². The highest BCUT2D eigenvalue weighted by atomic mass is 32.2. The molecule has 3 atom stereocenters. The lowest BCUT2D eigenvalue weighted by Gasteiger charge is -2.35. The minimum Gasteiger partial charge on any atom is -0.493 e. The monoisotopic (exact) mass is 948 g/mol. The summed E-state index contributed by atoms with van der Waals surface area (Å²) >= 11 is 2.22. The number of likely N-dealkylation sites (tertiary alicyclic amines) is 1. The fourth-order valence-electron chi connectivity index (χ4n) is 7.17. The molecule has 1 aromatic heterocycles. The molecule has 348 valence electrons. The summed E-state index contributed by atoms with van der Waals surface area (Å²) < 4.78 is 57.6. The van der Waals surface area contributed by atoms with Crippen molar-refractivity contribution in [2.24, 2.45) is 5.41 Å². The summed E-state index contributed by atoms with van der Waals surface area (Å²) in [5, 5.41) is 24.7. The van der Waals surface area contributed by atoms with Crippen LogP contribution in [0.5, 0.6) is 17.2 Å². The van der Waals surface area contributed by atoms with Crippen LogP contribution in [0.1, 0.15) is 61.6 Å². The number of methoxy groups -OCH3 is 1.